The molecule has 0 fully saturated rings. The highest BCUT2D eigenvalue weighted by Gasteiger charge is 2.21. The third-order valence-corrected chi connectivity index (χ3v) is 6.59. The second-order valence-corrected chi connectivity index (χ2v) is 8.79. The molecule has 1 amide bonds. The van der Waals surface area contributed by atoms with E-state index in [-0.39, 0.29) is 15.9 Å². The van der Waals surface area contributed by atoms with Crippen LogP contribution in [0.3, 0.4) is 0 Å². The molecule has 6 nitrogen and oxygen atoms in total. The molecule has 9 heteroatoms. The number of benzene rings is 2. The van der Waals surface area contributed by atoms with Gasteiger partial charge in [0.2, 0.25) is 10.0 Å². The minimum Gasteiger partial charge on any atom is -0.332 e. The number of nitrogens with zero attached hydrogens (tertiary/aromatic N) is 1. The first kappa shape index (κ1) is 21.5. The Kier molecular flexibility index (Phi) is 7.49. The van der Waals surface area contributed by atoms with Gasteiger partial charge >= 0.3 is 0 Å². The molecule has 27 heavy (non-hydrogen) atoms. The summed E-state index contributed by atoms with van der Waals surface area (Å²) in [6.07, 6.45) is 0. The minimum atomic E-state index is -3.51. The molecule has 0 spiro atoms. The molecular formula is C18H20BrN3O3S2. The van der Waals surface area contributed by atoms with Gasteiger partial charge in [0, 0.05) is 28.8 Å². The molecule has 2 rings (SSSR count). The summed E-state index contributed by atoms with van der Waals surface area (Å²) in [5.74, 6) is -0.333. The zero-order valence-electron chi connectivity index (χ0n) is 14.9. The monoisotopic (exact) mass is 469 g/mol. The molecule has 2 N–H and O–H groups in total. The van der Waals surface area contributed by atoms with E-state index in [1.54, 1.807) is 50.2 Å². The Labute approximate surface area is 173 Å². The van der Waals surface area contributed by atoms with E-state index in [1.165, 1.54) is 16.4 Å². The molecule has 0 unspecified atom stereocenters. The van der Waals surface area contributed by atoms with Crippen LogP contribution in [-0.4, -0.2) is 36.8 Å². The van der Waals surface area contributed by atoms with Crippen molar-refractivity contribution in [3.63, 3.8) is 0 Å². The van der Waals surface area contributed by atoms with Gasteiger partial charge in [0.05, 0.1) is 4.90 Å². The van der Waals surface area contributed by atoms with Crippen molar-refractivity contribution < 1.29 is 13.2 Å². The van der Waals surface area contributed by atoms with Crippen LogP contribution in [0.1, 0.15) is 24.2 Å². The number of anilines is 1. The predicted octanol–water partition coefficient (Wildman–Crippen LogP) is 3.61. The highest BCUT2D eigenvalue weighted by Crippen LogP contribution is 2.18. The van der Waals surface area contributed by atoms with Crippen molar-refractivity contribution in [3.8, 4) is 0 Å². The summed E-state index contributed by atoms with van der Waals surface area (Å²) in [6, 6.07) is 13.1. The molecule has 0 aliphatic carbocycles. The molecule has 0 saturated carbocycles. The maximum Gasteiger partial charge on any atom is 0.257 e. The maximum atomic E-state index is 12.5. The highest BCUT2D eigenvalue weighted by molar-refractivity contribution is 9.10. The largest absolute Gasteiger partial charge is 0.332 e. The van der Waals surface area contributed by atoms with Gasteiger partial charge < -0.3 is 5.32 Å². The normalized spacial score (nSPS) is 11.3. The van der Waals surface area contributed by atoms with Crippen molar-refractivity contribution in [3.05, 3.63) is 58.6 Å². The topological polar surface area (TPSA) is 78.5 Å². The van der Waals surface area contributed by atoms with Crippen LogP contribution in [0.25, 0.3) is 0 Å². The molecular weight excluding hydrogens is 450 g/mol. The van der Waals surface area contributed by atoms with Gasteiger partial charge in [-0.2, -0.15) is 4.31 Å². The minimum absolute atomic E-state index is 0.127. The fourth-order valence-electron chi connectivity index (χ4n) is 2.36. The molecule has 0 radical (unpaired) electrons. The lowest BCUT2D eigenvalue weighted by atomic mass is 10.2. The Hall–Kier alpha value is -1.81. The molecule has 2 aromatic rings. The Balaban J connectivity index is 2.02. The van der Waals surface area contributed by atoms with Crippen LogP contribution in [0.4, 0.5) is 5.69 Å². The van der Waals surface area contributed by atoms with E-state index < -0.39 is 10.0 Å². The lowest BCUT2D eigenvalue weighted by Gasteiger charge is -2.18. The van der Waals surface area contributed by atoms with Gasteiger partial charge in [-0.15, -0.1) is 0 Å². The number of nitrogens with one attached hydrogen (secondary N) is 2. The number of rotatable bonds is 6. The van der Waals surface area contributed by atoms with Gasteiger partial charge in [-0.05, 0) is 60.7 Å². The number of halogens is 1. The molecule has 0 bridgehead atoms. The molecule has 0 atom stereocenters. The first-order chi connectivity index (χ1) is 12.8. The Bertz CT molecular complexity index is 910. The Morgan fingerprint density at radius 3 is 2.11 bits per heavy atom. The lowest BCUT2D eigenvalue weighted by Crippen LogP contribution is -2.34. The summed E-state index contributed by atoms with van der Waals surface area (Å²) in [7, 11) is -3.51. The van der Waals surface area contributed by atoms with E-state index in [0.29, 0.717) is 24.3 Å². The van der Waals surface area contributed by atoms with Gasteiger partial charge in [-0.1, -0.05) is 29.8 Å². The summed E-state index contributed by atoms with van der Waals surface area (Å²) < 4.78 is 27.2. The Morgan fingerprint density at radius 2 is 1.59 bits per heavy atom. The number of thiocarbonyl (C=S) groups is 1. The molecule has 0 aromatic heterocycles. The van der Waals surface area contributed by atoms with Crippen LogP contribution in [0.15, 0.2) is 57.9 Å². The van der Waals surface area contributed by atoms with E-state index in [0.717, 1.165) is 4.47 Å². The molecule has 0 aliphatic heterocycles. The first-order valence-electron chi connectivity index (χ1n) is 8.26. The number of hydrogen-bond donors (Lipinski definition) is 2. The average Bonchev–Trinajstić information content (AvgIpc) is 2.63. The quantitative estimate of drug-likeness (QED) is 0.631. The van der Waals surface area contributed by atoms with Crippen molar-refractivity contribution in [2.24, 2.45) is 0 Å². The van der Waals surface area contributed by atoms with E-state index in [2.05, 4.69) is 26.6 Å². The van der Waals surface area contributed by atoms with Crippen LogP contribution < -0.4 is 10.6 Å². The van der Waals surface area contributed by atoms with Crippen LogP contribution in [-0.2, 0) is 10.0 Å². The van der Waals surface area contributed by atoms with Gasteiger partial charge in [0.15, 0.2) is 5.11 Å². The summed E-state index contributed by atoms with van der Waals surface area (Å²) in [5.41, 5.74) is 1.05. The number of amides is 1. The van der Waals surface area contributed by atoms with E-state index >= 15 is 0 Å². The van der Waals surface area contributed by atoms with Crippen LogP contribution in [0, 0.1) is 0 Å². The first-order valence-corrected chi connectivity index (χ1v) is 10.9. The number of carbonyl (C=O) groups excluding carboxylic acids is 1. The average molecular weight is 470 g/mol. The summed E-state index contributed by atoms with van der Waals surface area (Å²) in [4.78, 5) is 12.4. The molecule has 144 valence electrons. The second-order valence-electron chi connectivity index (χ2n) is 5.53. The molecule has 0 heterocycles. The number of hydrogen-bond acceptors (Lipinski definition) is 4. The maximum absolute atomic E-state index is 12.5. The van der Waals surface area contributed by atoms with Crippen molar-refractivity contribution >= 4 is 54.9 Å². The van der Waals surface area contributed by atoms with Crippen molar-refractivity contribution in [1.82, 2.24) is 9.62 Å². The van der Waals surface area contributed by atoms with E-state index in [4.69, 9.17) is 12.2 Å². The molecule has 2 aromatic carbocycles. The predicted molar refractivity (Wildman–Crippen MR) is 114 cm³/mol. The van der Waals surface area contributed by atoms with Crippen LogP contribution in [0.2, 0.25) is 0 Å². The van der Waals surface area contributed by atoms with Crippen LogP contribution >= 0.6 is 28.1 Å². The van der Waals surface area contributed by atoms with Gasteiger partial charge in [-0.25, -0.2) is 8.42 Å². The van der Waals surface area contributed by atoms with Crippen molar-refractivity contribution in [2.75, 3.05) is 18.4 Å². The van der Waals surface area contributed by atoms with Gasteiger partial charge in [-0.3, -0.25) is 10.1 Å². The van der Waals surface area contributed by atoms with Gasteiger partial charge in [0.1, 0.15) is 0 Å². The molecule has 0 saturated heterocycles. The third-order valence-electron chi connectivity index (χ3n) is 3.79. The van der Waals surface area contributed by atoms with E-state index in [9.17, 15) is 13.2 Å². The van der Waals surface area contributed by atoms with Gasteiger partial charge in [0.25, 0.3) is 5.91 Å². The molecule has 0 aliphatic rings. The lowest BCUT2D eigenvalue weighted by molar-refractivity contribution is 0.0977. The third kappa shape index (κ3) is 5.58. The standard InChI is InChI=1S/C18H20BrN3O3S2/c1-3-22(4-2)27(24,25)16-11-9-15(10-12-16)20-18(26)21-17(23)13-5-7-14(19)8-6-13/h5-12H,3-4H2,1-2H3,(H2,20,21,23,26). The highest BCUT2D eigenvalue weighted by atomic mass is 79.9. The number of sulfonamides is 1. The summed E-state index contributed by atoms with van der Waals surface area (Å²) in [5, 5.41) is 5.58. The second kappa shape index (κ2) is 9.41. The number of carbonyl (C=O) groups is 1. The SMILES string of the molecule is CCN(CC)S(=O)(=O)c1ccc(NC(=S)NC(=O)c2ccc(Br)cc2)cc1. The summed E-state index contributed by atoms with van der Waals surface area (Å²) >= 11 is 8.46. The summed E-state index contributed by atoms with van der Waals surface area (Å²) in [6.45, 7) is 4.41. The van der Waals surface area contributed by atoms with E-state index in [1.807, 2.05) is 0 Å². The van der Waals surface area contributed by atoms with Crippen LogP contribution in [0.5, 0.6) is 0 Å². The zero-order chi connectivity index (χ0) is 20.0. The Morgan fingerprint density at radius 1 is 1.04 bits per heavy atom. The van der Waals surface area contributed by atoms with Crippen molar-refractivity contribution in [1.29, 1.82) is 0 Å². The smallest absolute Gasteiger partial charge is 0.257 e. The fourth-order valence-corrected chi connectivity index (χ4v) is 4.29. The van der Waals surface area contributed by atoms with Crippen molar-refractivity contribution in [2.45, 2.75) is 18.7 Å². The fraction of sp³-hybridized carbons (Fsp3) is 0.222. The zero-order valence-corrected chi connectivity index (χ0v) is 18.1.